The molecular formula is C13H17NO2. The summed E-state index contributed by atoms with van der Waals surface area (Å²) in [5.74, 6) is 1.54. The van der Waals surface area contributed by atoms with E-state index in [1.54, 1.807) is 14.0 Å². The third-order valence-corrected chi connectivity index (χ3v) is 3.22. The number of likely N-dealkylation sites (tertiary alicyclic amines) is 1. The molecule has 86 valence electrons. The monoisotopic (exact) mass is 219 g/mol. The second-order valence-electron chi connectivity index (χ2n) is 4.22. The fourth-order valence-electron chi connectivity index (χ4n) is 2.19. The lowest BCUT2D eigenvalue weighted by Gasteiger charge is -2.14. The maximum atomic E-state index is 11.2. The van der Waals surface area contributed by atoms with Crippen LogP contribution >= 0.6 is 0 Å². The molecule has 1 fully saturated rings. The minimum absolute atomic E-state index is 0.177. The predicted octanol–water partition coefficient (Wildman–Crippen LogP) is 2.03. The minimum atomic E-state index is 0.177. The number of carbonyl (C=O) groups excluding carboxylic acids is 1. The van der Waals surface area contributed by atoms with E-state index < -0.39 is 0 Å². The molecule has 0 bridgehead atoms. The number of amides is 1. The Morgan fingerprint density at radius 1 is 1.38 bits per heavy atom. The fraction of sp³-hybridized carbons (Fsp3) is 0.462. The maximum Gasteiger partial charge on any atom is 0.219 e. The van der Waals surface area contributed by atoms with E-state index >= 15 is 0 Å². The average Bonchev–Trinajstić information content (AvgIpc) is 2.78. The van der Waals surface area contributed by atoms with Crippen LogP contribution in [0.3, 0.4) is 0 Å². The lowest BCUT2D eigenvalue weighted by Crippen LogP contribution is -2.25. The average molecular weight is 219 g/mol. The highest BCUT2D eigenvalue weighted by Crippen LogP contribution is 2.28. The first-order valence-corrected chi connectivity index (χ1v) is 5.60. The van der Waals surface area contributed by atoms with Gasteiger partial charge >= 0.3 is 0 Å². The summed E-state index contributed by atoms with van der Waals surface area (Å²) in [6, 6.07) is 8.14. The van der Waals surface area contributed by atoms with Crippen LogP contribution in [0.15, 0.2) is 24.3 Å². The summed E-state index contributed by atoms with van der Waals surface area (Å²) in [6.07, 6.45) is 1.06. The van der Waals surface area contributed by atoms with Crippen LogP contribution in [0.5, 0.6) is 5.75 Å². The zero-order valence-corrected chi connectivity index (χ0v) is 9.77. The van der Waals surface area contributed by atoms with Gasteiger partial charge in [-0.15, -0.1) is 0 Å². The van der Waals surface area contributed by atoms with Crippen molar-refractivity contribution in [3.05, 3.63) is 29.8 Å². The number of nitrogens with zero attached hydrogens (tertiary/aromatic N) is 1. The van der Waals surface area contributed by atoms with E-state index in [1.807, 2.05) is 17.0 Å². The molecule has 1 aromatic carbocycles. The Hall–Kier alpha value is -1.51. The smallest absolute Gasteiger partial charge is 0.219 e. The summed E-state index contributed by atoms with van der Waals surface area (Å²) in [7, 11) is 1.67. The minimum Gasteiger partial charge on any atom is -0.497 e. The summed E-state index contributed by atoms with van der Waals surface area (Å²) in [5, 5.41) is 0. The molecule has 1 saturated heterocycles. The number of rotatable bonds is 2. The van der Waals surface area contributed by atoms with Gasteiger partial charge in [0.15, 0.2) is 0 Å². The van der Waals surface area contributed by atoms with Crippen LogP contribution < -0.4 is 4.74 Å². The van der Waals surface area contributed by atoms with Crippen LogP contribution in [-0.2, 0) is 4.79 Å². The Kier molecular flexibility index (Phi) is 3.13. The van der Waals surface area contributed by atoms with Crippen LogP contribution in [0.4, 0.5) is 0 Å². The highest BCUT2D eigenvalue weighted by atomic mass is 16.5. The predicted molar refractivity (Wildman–Crippen MR) is 62.6 cm³/mol. The summed E-state index contributed by atoms with van der Waals surface area (Å²) < 4.78 is 5.13. The molecular weight excluding hydrogens is 202 g/mol. The Morgan fingerprint density at radius 2 is 2.06 bits per heavy atom. The number of hydrogen-bond acceptors (Lipinski definition) is 2. The quantitative estimate of drug-likeness (QED) is 0.761. The first-order chi connectivity index (χ1) is 7.70. The second kappa shape index (κ2) is 4.56. The van der Waals surface area contributed by atoms with E-state index in [4.69, 9.17) is 4.74 Å². The molecule has 3 nitrogen and oxygen atoms in total. The van der Waals surface area contributed by atoms with E-state index in [1.165, 1.54) is 5.56 Å². The van der Waals surface area contributed by atoms with Crippen molar-refractivity contribution in [2.75, 3.05) is 20.2 Å². The van der Waals surface area contributed by atoms with Crippen LogP contribution in [-0.4, -0.2) is 31.0 Å². The van der Waals surface area contributed by atoms with Crippen molar-refractivity contribution >= 4 is 5.91 Å². The van der Waals surface area contributed by atoms with Crippen molar-refractivity contribution in [3.8, 4) is 5.75 Å². The van der Waals surface area contributed by atoms with Crippen molar-refractivity contribution in [2.45, 2.75) is 19.3 Å². The molecule has 1 unspecified atom stereocenters. The van der Waals surface area contributed by atoms with Crippen molar-refractivity contribution in [2.24, 2.45) is 0 Å². The zero-order chi connectivity index (χ0) is 11.5. The summed E-state index contributed by atoms with van der Waals surface area (Å²) in [4.78, 5) is 13.1. The lowest BCUT2D eigenvalue weighted by atomic mass is 9.98. The number of carbonyl (C=O) groups is 1. The first-order valence-electron chi connectivity index (χ1n) is 5.60. The fourth-order valence-corrected chi connectivity index (χ4v) is 2.19. The molecule has 1 aliphatic rings. The number of methoxy groups -OCH3 is 1. The van der Waals surface area contributed by atoms with Gasteiger partial charge in [0.25, 0.3) is 0 Å². The molecule has 1 heterocycles. The van der Waals surface area contributed by atoms with Gasteiger partial charge in [0.1, 0.15) is 5.75 Å². The Balaban J connectivity index is 2.05. The van der Waals surface area contributed by atoms with Gasteiger partial charge in [-0.3, -0.25) is 4.79 Å². The van der Waals surface area contributed by atoms with Crippen molar-refractivity contribution in [1.82, 2.24) is 4.90 Å². The van der Waals surface area contributed by atoms with Gasteiger partial charge in [-0.1, -0.05) is 12.1 Å². The standard InChI is InChI=1S/C13H17NO2/c1-10(15)14-8-7-12(9-14)11-3-5-13(16-2)6-4-11/h3-6,12H,7-9H2,1-2H3. The first kappa shape index (κ1) is 11.0. The summed E-state index contributed by atoms with van der Waals surface area (Å²) in [5.41, 5.74) is 1.30. The molecule has 0 radical (unpaired) electrons. The molecule has 1 aromatic rings. The summed E-state index contributed by atoms with van der Waals surface area (Å²) in [6.45, 7) is 3.37. The molecule has 0 saturated carbocycles. The summed E-state index contributed by atoms with van der Waals surface area (Å²) >= 11 is 0. The van der Waals surface area contributed by atoms with Gasteiger partial charge in [-0.05, 0) is 24.1 Å². The molecule has 0 N–H and O–H groups in total. The van der Waals surface area contributed by atoms with Gasteiger partial charge in [-0.25, -0.2) is 0 Å². The van der Waals surface area contributed by atoms with Crippen LogP contribution in [0.25, 0.3) is 0 Å². The normalized spacial score (nSPS) is 19.9. The van der Waals surface area contributed by atoms with Crippen LogP contribution in [0, 0.1) is 0 Å². The third-order valence-electron chi connectivity index (χ3n) is 3.22. The second-order valence-corrected chi connectivity index (χ2v) is 4.22. The molecule has 0 aromatic heterocycles. The van der Waals surface area contributed by atoms with Crippen LogP contribution in [0.1, 0.15) is 24.8 Å². The Bertz CT molecular complexity index is 372. The third kappa shape index (κ3) is 2.18. The van der Waals surface area contributed by atoms with Gasteiger partial charge < -0.3 is 9.64 Å². The van der Waals surface area contributed by atoms with E-state index in [0.29, 0.717) is 5.92 Å². The van der Waals surface area contributed by atoms with E-state index in [0.717, 1.165) is 25.3 Å². The van der Waals surface area contributed by atoms with Gasteiger partial charge in [0.05, 0.1) is 7.11 Å². The Labute approximate surface area is 96.0 Å². The molecule has 1 atom stereocenters. The van der Waals surface area contributed by atoms with Gasteiger partial charge in [0, 0.05) is 25.9 Å². The number of hydrogen-bond donors (Lipinski definition) is 0. The molecule has 0 aliphatic carbocycles. The largest absolute Gasteiger partial charge is 0.497 e. The molecule has 2 rings (SSSR count). The van der Waals surface area contributed by atoms with E-state index in [2.05, 4.69) is 12.1 Å². The molecule has 0 spiro atoms. The topological polar surface area (TPSA) is 29.5 Å². The Morgan fingerprint density at radius 3 is 2.56 bits per heavy atom. The van der Waals surface area contributed by atoms with Crippen molar-refractivity contribution < 1.29 is 9.53 Å². The van der Waals surface area contributed by atoms with E-state index in [9.17, 15) is 4.79 Å². The molecule has 1 aliphatic heterocycles. The lowest BCUT2D eigenvalue weighted by molar-refractivity contribution is -0.127. The van der Waals surface area contributed by atoms with Crippen LogP contribution in [0.2, 0.25) is 0 Å². The SMILES string of the molecule is COc1ccc(C2CCN(C(C)=O)C2)cc1. The number of benzene rings is 1. The van der Waals surface area contributed by atoms with Crippen molar-refractivity contribution in [1.29, 1.82) is 0 Å². The van der Waals surface area contributed by atoms with Gasteiger partial charge in [-0.2, -0.15) is 0 Å². The van der Waals surface area contributed by atoms with E-state index in [-0.39, 0.29) is 5.91 Å². The van der Waals surface area contributed by atoms with Crippen molar-refractivity contribution in [3.63, 3.8) is 0 Å². The molecule has 1 amide bonds. The van der Waals surface area contributed by atoms with Gasteiger partial charge in [0.2, 0.25) is 5.91 Å². The highest BCUT2D eigenvalue weighted by molar-refractivity contribution is 5.73. The zero-order valence-electron chi connectivity index (χ0n) is 9.77. The highest BCUT2D eigenvalue weighted by Gasteiger charge is 2.25. The number of ether oxygens (including phenoxy) is 1. The molecule has 16 heavy (non-hydrogen) atoms. The molecule has 3 heteroatoms. The maximum absolute atomic E-state index is 11.2.